The molecule has 150 valence electrons. The smallest absolute Gasteiger partial charge is 0.263 e. The summed E-state index contributed by atoms with van der Waals surface area (Å²) in [6, 6.07) is 4.24. The minimum Gasteiger partial charge on any atom is -0.381 e. The first-order valence-electron chi connectivity index (χ1n) is 9.83. The predicted molar refractivity (Wildman–Crippen MR) is 111 cm³/mol. The lowest BCUT2D eigenvalue weighted by molar-refractivity contribution is 0.0650. The van der Waals surface area contributed by atoms with Crippen LogP contribution in [-0.4, -0.2) is 58.6 Å². The second-order valence-corrected chi connectivity index (χ2v) is 8.35. The summed E-state index contributed by atoms with van der Waals surface area (Å²) in [5, 5.41) is 7.07. The van der Waals surface area contributed by atoms with Gasteiger partial charge in [0.25, 0.3) is 5.54 Å². The average molecular weight is 411 g/mol. The normalized spacial score (nSPS) is 21.9. The molecule has 2 aliphatic rings. The van der Waals surface area contributed by atoms with E-state index in [9.17, 15) is 0 Å². The first-order chi connectivity index (χ1) is 14.2. The summed E-state index contributed by atoms with van der Waals surface area (Å²) in [7, 11) is 0. The topological polar surface area (TPSA) is 80.5 Å². The highest BCUT2D eigenvalue weighted by Crippen LogP contribution is 2.44. The maximum absolute atomic E-state index is 8.04. The van der Waals surface area contributed by atoms with Crippen molar-refractivity contribution in [1.82, 2.24) is 19.6 Å². The number of nitrogens with one attached hydrogen (secondary N) is 1. The molecule has 0 aromatic carbocycles. The van der Waals surface area contributed by atoms with Crippen LogP contribution in [0, 0.1) is 6.57 Å². The number of fused-ring (bicyclic) bond motifs is 1. The third-order valence-corrected chi connectivity index (χ3v) is 6.73. The van der Waals surface area contributed by atoms with Gasteiger partial charge in [-0.3, -0.25) is 5.10 Å². The molecule has 0 saturated carbocycles. The molecule has 9 heteroatoms. The molecule has 3 aromatic rings. The molecule has 1 atom stereocenters. The lowest BCUT2D eigenvalue weighted by Crippen LogP contribution is -2.44. The molecule has 0 radical (unpaired) electrons. The van der Waals surface area contributed by atoms with Crippen molar-refractivity contribution in [3.63, 3.8) is 0 Å². The van der Waals surface area contributed by atoms with Crippen LogP contribution in [0.1, 0.15) is 25.3 Å². The van der Waals surface area contributed by atoms with Crippen LogP contribution >= 0.6 is 11.5 Å². The van der Waals surface area contributed by atoms with E-state index >= 15 is 0 Å². The largest absolute Gasteiger partial charge is 0.381 e. The van der Waals surface area contributed by atoms with Crippen molar-refractivity contribution < 1.29 is 9.47 Å². The number of nitrogens with zero attached hydrogens (tertiary/aromatic N) is 5. The van der Waals surface area contributed by atoms with Gasteiger partial charge in [0.15, 0.2) is 0 Å². The molecule has 3 aromatic heterocycles. The van der Waals surface area contributed by atoms with Gasteiger partial charge in [0.05, 0.1) is 61.3 Å². The van der Waals surface area contributed by atoms with Crippen molar-refractivity contribution in [3.05, 3.63) is 35.3 Å². The molecular weight excluding hydrogens is 388 g/mol. The Kier molecular flexibility index (Phi) is 4.70. The fourth-order valence-electron chi connectivity index (χ4n) is 4.18. The van der Waals surface area contributed by atoms with Gasteiger partial charge in [-0.25, -0.2) is 11.6 Å². The van der Waals surface area contributed by atoms with Gasteiger partial charge in [-0.2, -0.15) is 9.47 Å². The number of aromatic nitrogens is 4. The number of hydrogen-bond donors (Lipinski definition) is 1. The molecular formula is C20H22N6O2S. The molecule has 2 saturated heterocycles. The lowest BCUT2D eigenvalue weighted by atomic mass is 9.83. The van der Waals surface area contributed by atoms with Gasteiger partial charge < -0.3 is 19.2 Å². The summed E-state index contributed by atoms with van der Waals surface area (Å²) >= 11 is 1.41. The van der Waals surface area contributed by atoms with E-state index < -0.39 is 5.54 Å². The maximum atomic E-state index is 8.04. The number of ether oxygens (including phenoxy) is 2. The fraction of sp³-hybridized carbons (Fsp3) is 0.500. The van der Waals surface area contributed by atoms with Crippen molar-refractivity contribution in [2.45, 2.75) is 31.3 Å². The molecule has 1 N–H and O–H groups in total. The van der Waals surface area contributed by atoms with E-state index in [4.69, 9.17) is 25.4 Å². The van der Waals surface area contributed by atoms with Crippen LogP contribution in [0.5, 0.6) is 0 Å². The van der Waals surface area contributed by atoms with Crippen LogP contribution in [0.2, 0.25) is 0 Å². The molecule has 0 amide bonds. The van der Waals surface area contributed by atoms with Crippen molar-refractivity contribution >= 4 is 27.6 Å². The Hall–Kier alpha value is -2.54. The molecule has 8 nitrogen and oxygen atoms in total. The SMILES string of the molecule is [C-]#[N+]C1(c2cc(N3CCOC[C@H]3C)nc3c(-c4ccn[nH]4)nsc23)CCOCC1. The molecule has 2 aliphatic heterocycles. The maximum Gasteiger partial charge on any atom is 0.263 e. The molecule has 0 unspecified atom stereocenters. The Balaban J connectivity index is 1.74. The van der Waals surface area contributed by atoms with Crippen LogP contribution < -0.4 is 4.90 Å². The quantitative estimate of drug-likeness (QED) is 0.668. The average Bonchev–Trinajstić information content (AvgIpc) is 3.43. The van der Waals surface area contributed by atoms with Gasteiger partial charge in [-0.15, -0.1) is 0 Å². The molecule has 2 fully saturated rings. The zero-order valence-corrected chi connectivity index (χ0v) is 17.0. The molecule has 29 heavy (non-hydrogen) atoms. The summed E-state index contributed by atoms with van der Waals surface area (Å²) in [6.45, 7) is 13.5. The van der Waals surface area contributed by atoms with E-state index in [0.29, 0.717) is 39.3 Å². The number of rotatable bonds is 3. The van der Waals surface area contributed by atoms with Gasteiger partial charge in [-0.1, -0.05) is 0 Å². The van der Waals surface area contributed by atoms with Crippen LogP contribution in [0.25, 0.3) is 26.4 Å². The van der Waals surface area contributed by atoms with E-state index in [0.717, 1.165) is 39.5 Å². The van der Waals surface area contributed by atoms with Crippen LogP contribution in [-0.2, 0) is 15.0 Å². The first kappa shape index (κ1) is 18.5. The molecule has 0 spiro atoms. The van der Waals surface area contributed by atoms with E-state index in [-0.39, 0.29) is 6.04 Å². The van der Waals surface area contributed by atoms with E-state index in [1.165, 1.54) is 11.5 Å². The summed E-state index contributed by atoms with van der Waals surface area (Å²) in [5.41, 5.74) is 2.89. The summed E-state index contributed by atoms with van der Waals surface area (Å²) < 4.78 is 16.9. The van der Waals surface area contributed by atoms with Gasteiger partial charge in [0, 0.05) is 12.7 Å². The second-order valence-electron chi connectivity index (χ2n) is 7.58. The Morgan fingerprint density at radius 3 is 2.90 bits per heavy atom. The number of hydrogen-bond acceptors (Lipinski definition) is 7. The van der Waals surface area contributed by atoms with Crippen molar-refractivity contribution in [2.75, 3.05) is 37.9 Å². The number of aromatic amines is 1. The van der Waals surface area contributed by atoms with E-state index in [1.807, 2.05) is 6.07 Å². The number of morpholine rings is 1. The zero-order valence-electron chi connectivity index (χ0n) is 16.2. The Morgan fingerprint density at radius 1 is 1.31 bits per heavy atom. The molecule has 5 heterocycles. The Bertz CT molecular complexity index is 1050. The van der Waals surface area contributed by atoms with Crippen LogP contribution in [0.15, 0.2) is 18.3 Å². The Labute approximate surface area is 172 Å². The third kappa shape index (κ3) is 3.08. The number of anilines is 1. The Morgan fingerprint density at radius 2 is 2.17 bits per heavy atom. The van der Waals surface area contributed by atoms with Gasteiger partial charge in [0.2, 0.25) is 0 Å². The number of H-pyrrole nitrogens is 1. The number of pyridine rings is 1. The molecule has 0 aliphatic carbocycles. The second kappa shape index (κ2) is 7.37. The standard InChI is InChI=1S/C20H22N6O2S/c1-13-12-28-10-7-26(13)16-11-14(20(21-2)4-8-27-9-5-20)19-18(23-16)17(25-29-19)15-3-6-22-24-15/h3,6,11,13H,4-5,7-10,12H2,1H3,(H,22,24)/t13-/m1/s1. The first-order valence-corrected chi connectivity index (χ1v) is 10.6. The monoisotopic (exact) mass is 410 g/mol. The fourth-order valence-corrected chi connectivity index (χ4v) is 5.13. The van der Waals surface area contributed by atoms with E-state index in [1.54, 1.807) is 6.20 Å². The van der Waals surface area contributed by atoms with Crippen LogP contribution in [0.3, 0.4) is 0 Å². The summed E-state index contributed by atoms with van der Waals surface area (Å²) in [6.07, 6.45) is 3.09. The van der Waals surface area contributed by atoms with Crippen molar-refractivity contribution in [1.29, 1.82) is 0 Å². The van der Waals surface area contributed by atoms with Crippen molar-refractivity contribution in [3.8, 4) is 11.4 Å². The van der Waals surface area contributed by atoms with Gasteiger partial charge in [-0.05, 0) is 30.6 Å². The molecule has 5 rings (SSSR count). The van der Waals surface area contributed by atoms with Gasteiger partial charge >= 0.3 is 0 Å². The predicted octanol–water partition coefficient (Wildman–Crippen LogP) is 3.23. The highest BCUT2D eigenvalue weighted by molar-refractivity contribution is 7.13. The minimum absolute atomic E-state index is 0.224. The molecule has 0 bridgehead atoms. The van der Waals surface area contributed by atoms with Gasteiger partial charge in [0.1, 0.15) is 17.0 Å². The third-order valence-electron chi connectivity index (χ3n) is 5.87. The van der Waals surface area contributed by atoms with E-state index in [2.05, 4.69) is 32.9 Å². The van der Waals surface area contributed by atoms with Crippen LogP contribution in [0.4, 0.5) is 5.82 Å². The zero-order chi connectivity index (χ0) is 19.8. The highest BCUT2D eigenvalue weighted by atomic mass is 32.1. The minimum atomic E-state index is -0.596. The highest BCUT2D eigenvalue weighted by Gasteiger charge is 2.44. The lowest BCUT2D eigenvalue weighted by Gasteiger charge is -2.35. The summed E-state index contributed by atoms with van der Waals surface area (Å²) in [5.74, 6) is 0.888. The summed E-state index contributed by atoms with van der Waals surface area (Å²) in [4.78, 5) is 11.4. The van der Waals surface area contributed by atoms with Crippen molar-refractivity contribution in [2.24, 2.45) is 0 Å².